The highest BCUT2D eigenvalue weighted by Crippen LogP contribution is 2.24. The summed E-state index contributed by atoms with van der Waals surface area (Å²) in [5.41, 5.74) is 11.4. The van der Waals surface area contributed by atoms with Crippen LogP contribution in [0.1, 0.15) is 129 Å². The number of phenolic OH excluding ortho intramolecular Hbond substituents is 3. The van der Waals surface area contributed by atoms with Gasteiger partial charge in [0.2, 0.25) is 0 Å². The average Bonchev–Trinajstić information content (AvgIpc) is 2.93. The summed E-state index contributed by atoms with van der Waals surface area (Å²) in [6, 6.07) is 23.4. The van der Waals surface area contributed by atoms with Crippen molar-refractivity contribution in [2.75, 3.05) is 0 Å². The van der Waals surface area contributed by atoms with Crippen LogP contribution in [0.3, 0.4) is 0 Å². The largest absolute Gasteiger partial charge is 0.508 e. The summed E-state index contributed by atoms with van der Waals surface area (Å²) >= 11 is 0. The number of aromatic hydroxyl groups is 3. The summed E-state index contributed by atoms with van der Waals surface area (Å²) in [5, 5.41) is 27.5. The fraction of sp³-hybridized carbons (Fsp3) is 0.415. The van der Waals surface area contributed by atoms with E-state index in [1.54, 1.807) is 24.3 Å². The van der Waals surface area contributed by atoms with E-state index in [0.29, 0.717) is 40.9 Å². The first-order valence-corrected chi connectivity index (χ1v) is 15.9. The number of benzene rings is 4. The maximum atomic E-state index is 9.23. The molecule has 0 unspecified atom stereocenters. The van der Waals surface area contributed by atoms with Gasteiger partial charge in [-0.1, -0.05) is 103 Å². The van der Waals surface area contributed by atoms with E-state index in [2.05, 4.69) is 94.4 Å². The third kappa shape index (κ3) is 12.9. The van der Waals surface area contributed by atoms with Crippen LogP contribution in [0.15, 0.2) is 72.8 Å². The molecule has 0 heterocycles. The number of hydrogen-bond donors (Lipinski definition) is 3. The Morgan fingerprint density at radius 3 is 1.30 bits per heavy atom. The molecule has 44 heavy (non-hydrogen) atoms. The minimum absolute atomic E-state index is 0.354. The van der Waals surface area contributed by atoms with Gasteiger partial charge in [-0.15, -0.1) is 0 Å². The van der Waals surface area contributed by atoms with Gasteiger partial charge in [-0.05, 0) is 133 Å². The van der Waals surface area contributed by atoms with Gasteiger partial charge < -0.3 is 15.3 Å². The minimum atomic E-state index is 0.354. The van der Waals surface area contributed by atoms with Crippen molar-refractivity contribution in [3.63, 3.8) is 0 Å². The van der Waals surface area contributed by atoms with Crippen LogP contribution in [0.4, 0.5) is 0 Å². The van der Waals surface area contributed by atoms with E-state index >= 15 is 0 Å². The van der Waals surface area contributed by atoms with E-state index in [9.17, 15) is 10.2 Å². The molecule has 0 aliphatic rings. The van der Waals surface area contributed by atoms with Crippen molar-refractivity contribution in [2.24, 2.45) is 0 Å². The summed E-state index contributed by atoms with van der Waals surface area (Å²) < 4.78 is 0. The van der Waals surface area contributed by atoms with Crippen molar-refractivity contribution in [2.45, 2.75) is 114 Å². The lowest BCUT2D eigenvalue weighted by Crippen LogP contribution is -1.91. The van der Waals surface area contributed by atoms with Crippen molar-refractivity contribution < 1.29 is 15.3 Å². The topological polar surface area (TPSA) is 60.7 Å². The molecule has 240 valence electrons. The molecule has 0 amide bonds. The van der Waals surface area contributed by atoms with E-state index in [-0.39, 0.29) is 0 Å². The predicted octanol–water partition coefficient (Wildman–Crippen LogP) is 11.9. The molecule has 0 spiro atoms. The van der Waals surface area contributed by atoms with Crippen LogP contribution in [-0.4, -0.2) is 15.3 Å². The van der Waals surface area contributed by atoms with Gasteiger partial charge in [0.1, 0.15) is 17.2 Å². The zero-order valence-corrected chi connectivity index (χ0v) is 29.6. The molecule has 0 bridgehead atoms. The molecule has 0 saturated carbocycles. The summed E-state index contributed by atoms with van der Waals surface area (Å²) in [7, 11) is 0. The van der Waals surface area contributed by atoms with Gasteiger partial charge in [-0.25, -0.2) is 0 Å². The van der Waals surface area contributed by atoms with Gasteiger partial charge in [0.05, 0.1) is 0 Å². The molecule has 0 radical (unpaired) electrons. The first-order valence-electron chi connectivity index (χ1n) is 15.9. The minimum Gasteiger partial charge on any atom is -0.508 e. The molecule has 4 aromatic rings. The molecule has 0 aliphatic carbocycles. The molecule has 0 saturated heterocycles. The third-order valence-electron chi connectivity index (χ3n) is 7.70. The predicted molar refractivity (Wildman–Crippen MR) is 191 cm³/mol. The number of phenols is 3. The molecule has 0 atom stereocenters. The van der Waals surface area contributed by atoms with Crippen LogP contribution in [0.5, 0.6) is 17.2 Å². The van der Waals surface area contributed by atoms with Gasteiger partial charge in [-0.3, -0.25) is 0 Å². The lowest BCUT2D eigenvalue weighted by Gasteiger charge is -2.09. The first kappa shape index (κ1) is 38.3. The maximum absolute atomic E-state index is 9.23. The summed E-state index contributed by atoms with van der Waals surface area (Å²) in [6.07, 6.45) is 0. The molecule has 3 heteroatoms. The zero-order valence-electron chi connectivity index (χ0n) is 29.6. The quantitative estimate of drug-likeness (QED) is 0.219. The average molecular weight is 599 g/mol. The highest BCUT2D eigenvalue weighted by molar-refractivity contribution is 5.37. The fourth-order valence-electron chi connectivity index (χ4n) is 4.98. The van der Waals surface area contributed by atoms with Crippen molar-refractivity contribution in [1.82, 2.24) is 0 Å². The highest BCUT2D eigenvalue weighted by atomic mass is 16.3. The van der Waals surface area contributed by atoms with Crippen LogP contribution in [0.2, 0.25) is 0 Å². The number of rotatable bonds is 4. The Hall–Kier alpha value is -3.72. The third-order valence-corrected chi connectivity index (χ3v) is 7.70. The molecule has 3 N–H and O–H groups in total. The van der Waals surface area contributed by atoms with E-state index in [1.165, 1.54) is 44.5 Å². The molecule has 4 rings (SSSR count). The molecular weight excluding hydrogens is 540 g/mol. The molecule has 4 aromatic carbocycles. The van der Waals surface area contributed by atoms with Gasteiger partial charge in [0.25, 0.3) is 0 Å². The van der Waals surface area contributed by atoms with Crippen LogP contribution >= 0.6 is 0 Å². The number of aryl methyl sites for hydroxylation is 5. The van der Waals surface area contributed by atoms with Gasteiger partial charge in [0, 0.05) is 0 Å². The van der Waals surface area contributed by atoms with Crippen LogP contribution in [0, 0.1) is 34.6 Å². The Labute approximate surface area is 268 Å². The van der Waals surface area contributed by atoms with Gasteiger partial charge >= 0.3 is 0 Å². The molecule has 0 aromatic heterocycles. The summed E-state index contributed by atoms with van der Waals surface area (Å²) in [5.74, 6) is 3.31. The van der Waals surface area contributed by atoms with Crippen molar-refractivity contribution in [3.05, 3.63) is 123 Å². The number of hydrogen-bond acceptors (Lipinski definition) is 3. The van der Waals surface area contributed by atoms with Crippen LogP contribution < -0.4 is 0 Å². The van der Waals surface area contributed by atoms with Crippen molar-refractivity contribution in [3.8, 4) is 17.2 Å². The van der Waals surface area contributed by atoms with E-state index < -0.39 is 0 Å². The first-order chi connectivity index (χ1) is 20.4. The Bertz CT molecular complexity index is 1390. The molecule has 0 fully saturated rings. The monoisotopic (exact) mass is 598 g/mol. The normalized spacial score (nSPS) is 10.6. The highest BCUT2D eigenvalue weighted by Gasteiger charge is 2.04. The van der Waals surface area contributed by atoms with Crippen molar-refractivity contribution >= 4 is 0 Å². The van der Waals surface area contributed by atoms with Gasteiger partial charge in [-0.2, -0.15) is 0 Å². The second kappa shape index (κ2) is 18.2. The zero-order chi connectivity index (χ0) is 33.7. The van der Waals surface area contributed by atoms with E-state index in [4.69, 9.17) is 5.11 Å². The Morgan fingerprint density at radius 1 is 0.386 bits per heavy atom. The van der Waals surface area contributed by atoms with Crippen LogP contribution in [-0.2, 0) is 0 Å². The van der Waals surface area contributed by atoms with E-state index in [0.717, 1.165) is 5.56 Å². The lowest BCUT2D eigenvalue weighted by atomic mass is 9.96. The maximum Gasteiger partial charge on any atom is 0.118 e. The Kier molecular flexibility index (Phi) is 15.8. The fourth-order valence-corrected chi connectivity index (χ4v) is 4.98. The second-order valence-corrected chi connectivity index (χ2v) is 13.1. The smallest absolute Gasteiger partial charge is 0.118 e. The Balaban J connectivity index is 0.000000293. The summed E-state index contributed by atoms with van der Waals surface area (Å²) in [4.78, 5) is 0. The van der Waals surface area contributed by atoms with E-state index in [1.807, 2.05) is 44.2 Å². The second-order valence-electron chi connectivity index (χ2n) is 13.1. The van der Waals surface area contributed by atoms with Gasteiger partial charge in [0.15, 0.2) is 0 Å². The Morgan fingerprint density at radius 2 is 0.864 bits per heavy atom. The standard InChI is InChI=1S/C11H16.3C10H14O/c1-8(2)11-7-9(3)5-6-10(11)4;1-7(2)10-5-4-9(11)6-8(10)3;1-7(2)9-4-5-10(11)8(3)6-9;1-7(2)10-6-9(11)5-4-8(10)3/h5-8H,1-4H3;3*4-7,11H,1-3H3. The molecule has 3 nitrogen and oxygen atoms in total. The van der Waals surface area contributed by atoms with Crippen molar-refractivity contribution in [1.29, 1.82) is 0 Å². The molecule has 0 aliphatic heterocycles. The summed E-state index contributed by atoms with van der Waals surface area (Å²) in [6.45, 7) is 27.6. The SMILES string of the molecule is Cc1cc(C(C)C)ccc1O.Cc1cc(O)ccc1C(C)C.Cc1ccc(C)c(C(C)C)c1.Cc1ccc(O)cc1C(C)C. The molecular formula is C41H58O3. The lowest BCUT2D eigenvalue weighted by molar-refractivity contribution is 0.470. The van der Waals surface area contributed by atoms with Crippen LogP contribution in [0.25, 0.3) is 0 Å².